The topological polar surface area (TPSA) is 218 Å². The summed E-state index contributed by atoms with van der Waals surface area (Å²) in [6.07, 6.45) is 0. The Morgan fingerprint density at radius 3 is 1.49 bits per heavy atom. The van der Waals surface area contributed by atoms with Crippen molar-refractivity contribution in [2.75, 3.05) is 0 Å². The Labute approximate surface area is 200 Å². The summed E-state index contributed by atoms with van der Waals surface area (Å²) in [5.74, 6) is -1.40. The van der Waals surface area contributed by atoms with Crippen LogP contribution in [0.3, 0.4) is 0 Å². The molecule has 0 radical (unpaired) electrons. The number of ketones is 2. The monoisotopic (exact) mass is 496 g/mol. The van der Waals surface area contributed by atoms with Crippen LogP contribution >= 0.6 is 0 Å². The molecule has 0 amide bonds. The van der Waals surface area contributed by atoms with Gasteiger partial charge in [-0.1, -0.05) is 32.0 Å². The average Bonchev–Trinajstić information content (AvgIpc) is 2.73. The van der Waals surface area contributed by atoms with Crippen molar-refractivity contribution in [2.24, 2.45) is 0 Å². The predicted octanol–water partition coefficient (Wildman–Crippen LogP) is 3.82. The number of rotatable bonds is 5. The summed E-state index contributed by atoms with van der Waals surface area (Å²) in [5, 5.41) is 49.8. The quantitative estimate of drug-likeness (QED) is 0.344. The number of nitrogens with zero attached hydrogens (tertiary/aromatic N) is 2. The maximum Gasteiger partial charge on any atom is 0.310 e. The normalized spacial score (nSPS) is 10.9. The lowest BCUT2D eigenvalue weighted by atomic mass is 9.97. The Kier molecular flexibility index (Phi) is 15.0. The van der Waals surface area contributed by atoms with E-state index in [1.54, 1.807) is 38.1 Å². The third kappa shape index (κ3) is 15.0. The van der Waals surface area contributed by atoms with Crippen LogP contribution in [0.2, 0.25) is 0 Å². The van der Waals surface area contributed by atoms with E-state index >= 15 is 0 Å². The van der Waals surface area contributed by atoms with Crippen molar-refractivity contribution in [2.45, 2.75) is 46.5 Å². The summed E-state index contributed by atoms with van der Waals surface area (Å²) in [6.45, 7) is 7.59. The third-order valence-corrected chi connectivity index (χ3v) is 4.31. The molecule has 0 aromatic heterocycles. The number of phenols is 2. The van der Waals surface area contributed by atoms with Gasteiger partial charge in [0.2, 0.25) is 0 Å². The first-order valence-corrected chi connectivity index (χ1v) is 9.81. The number of carbonyl (C=O) groups excluding carboxylic acids is 2. The Bertz CT molecular complexity index is 1000. The molecule has 0 saturated heterocycles. The Hall–Kier alpha value is -4.55. The smallest absolute Gasteiger partial charge is 0.310 e. The highest BCUT2D eigenvalue weighted by molar-refractivity contribution is 5.83. The first kappa shape index (κ1) is 32.6. The molecule has 13 nitrogen and oxygen atoms in total. The number of nitro groups is 1. The molecule has 13 heteroatoms. The average molecular weight is 496 g/mol. The first-order valence-electron chi connectivity index (χ1n) is 9.81. The third-order valence-electron chi connectivity index (χ3n) is 4.31. The lowest BCUT2D eigenvalue weighted by Crippen LogP contribution is -2.04. The van der Waals surface area contributed by atoms with Gasteiger partial charge in [0.05, 0.1) is 4.92 Å². The maximum atomic E-state index is 11.1. The van der Waals surface area contributed by atoms with Crippen LogP contribution in [0.4, 0.5) is 5.69 Å². The Balaban J connectivity index is 0. The van der Waals surface area contributed by atoms with Crippen LogP contribution in [-0.4, -0.2) is 48.1 Å². The highest BCUT2D eigenvalue weighted by atomic mass is 16.9. The number of hydrogen-bond donors (Lipinski definition) is 4. The molecule has 0 fully saturated rings. The van der Waals surface area contributed by atoms with E-state index in [1.807, 2.05) is 6.92 Å². The number of aromatic hydroxyl groups is 2. The summed E-state index contributed by atoms with van der Waals surface area (Å²) in [7, 11) is 0. The molecule has 2 unspecified atom stereocenters. The SMILES string of the molecule is CC(=O)C(C)c1ccc(O)c([N+](=O)[O-])c1.CC(=O)C(C)c1ccc(O)cc1.CC(=O)O.O=[N+]([O-])O. The van der Waals surface area contributed by atoms with E-state index < -0.39 is 21.9 Å². The molecular formula is C22H28N2O11. The van der Waals surface area contributed by atoms with E-state index in [-0.39, 0.29) is 34.7 Å². The van der Waals surface area contributed by atoms with Crippen molar-refractivity contribution >= 4 is 23.2 Å². The van der Waals surface area contributed by atoms with Crippen molar-refractivity contribution in [3.05, 3.63) is 73.8 Å². The fourth-order valence-electron chi connectivity index (χ4n) is 2.19. The van der Waals surface area contributed by atoms with E-state index in [0.717, 1.165) is 12.5 Å². The van der Waals surface area contributed by atoms with E-state index in [9.17, 15) is 24.8 Å². The number of phenolic OH excluding ortho intramolecular Hbond substituents is 2. The van der Waals surface area contributed by atoms with Gasteiger partial charge in [-0.3, -0.25) is 24.5 Å². The number of carbonyl (C=O) groups is 3. The van der Waals surface area contributed by atoms with E-state index in [4.69, 9.17) is 30.3 Å². The zero-order chi connectivity index (χ0) is 27.9. The minimum Gasteiger partial charge on any atom is -0.508 e. The summed E-state index contributed by atoms with van der Waals surface area (Å²) >= 11 is 0. The van der Waals surface area contributed by atoms with E-state index in [1.165, 1.54) is 25.1 Å². The van der Waals surface area contributed by atoms with Gasteiger partial charge in [-0.2, -0.15) is 0 Å². The lowest BCUT2D eigenvalue weighted by Gasteiger charge is -2.07. The molecule has 0 aliphatic carbocycles. The molecule has 0 bridgehead atoms. The highest BCUT2D eigenvalue weighted by Crippen LogP contribution is 2.29. The standard InChI is InChI=1S/C10H11NO4.C10H12O2.C2H4O2.HNO3/c1-6(7(2)12)8-3-4-10(13)9(5-8)11(14)15;1-7(8(2)11)9-3-5-10(12)6-4-9;1-2(3)4;2-1(3)4/h3-6,13H,1-2H3;3-7,12H,1-2H3;1H3,(H,3,4);(H,2,3,4). The molecule has 0 aliphatic heterocycles. The second-order valence-corrected chi connectivity index (χ2v) is 7.02. The van der Waals surface area contributed by atoms with Gasteiger partial charge in [0.25, 0.3) is 11.1 Å². The minimum absolute atomic E-state index is 0.0741. The molecule has 2 atom stereocenters. The molecule has 0 spiro atoms. The van der Waals surface area contributed by atoms with Gasteiger partial charge < -0.3 is 20.5 Å². The molecule has 192 valence electrons. The number of carboxylic acids is 1. The van der Waals surface area contributed by atoms with Gasteiger partial charge >= 0.3 is 5.69 Å². The number of carboxylic acid groups (broad SMARTS) is 1. The van der Waals surface area contributed by atoms with Gasteiger partial charge in [0.1, 0.15) is 17.3 Å². The van der Waals surface area contributed by atoms with Crippen LogP contribution in [0.15, 0.2) is 42.5 Å². The number of nitro benzene ring substituents is 1. The molecule has 2 rings (SSSR count). The summed E-state index contributed by atoms with van der Waals surface area (Å²) in [6, 6.07) is 10.7. The number of aliphatic carboxylic acids is 1. The van der Waals surface area contributed by atoms with E-state index in [2.05, 4.69) is 0 Å². The van der Waals surface area contributed by atoms with Crippen LogP contribution in [0, 0.1) is 20.2 Å². The molecule has 35 heavy (non-hydrogen) atoms. The number of Topliss-reactive ketones (excluding diaryl/α,β-unsaturated/α-hetero) is 2. The second-order valence-electron chi connectivity index (χ2n) is 7.02. The second kappa shape index (κ2) is 16.1. The molecule has 0 saturated carbocycles. The molecule has 2 aromatic rings. The van der Waals surface area contributed by atoms with E-state index in [0.29, 0.717) is 5.56 Å². The minimum atomic E-state index is -1.50. The number of benzene rings is 2. The molecule has 2 aromatic carbocycles. The maximum absolute atomic E-state index is 11.1. The van der Waals surface area contributed by atoms with Gasteiger partial charge in [0.15, 0.2) is 5.75 Å². The Morgan fingerprint density at radius 2 is 1.14 bits per heavy atom. The van der Waals surface area contributed by atoms with Crippen LogP contribution in [0.25, 0.3) is 0 Å². The van der Waals surface area contributed by atoms with Crippen molar-refractivity contribution in [3.63, 3.8) is 0 Å². The predicted molar refractivity (Wildman–Crippen MR) is 123 cm³/mol. The van der Waals surface area contributed by atoms with Crippen LogP contribution in [-0.2, 0) is 14.4 Å². The molecule has 4 N–H and O–H groups in total. The van der Waals surface area contributed by atoms with Gasteiger partial charge in [0, 0.05) is 24.8 Å². The van der Waals surface area contributed by atoms with Crippen LogP contribution in [0.5, 0.6) is 11.5 Å². The first-order chi connectivity index (χ1) is 16.0. The summed E-state index contributed by atoms with van der Waals surface area (Å²) < 4.78 is 0. The van der Waals surface area contributed by atoms with Crippen molar-refractivity contribution < 1.29 is 44.9 Å². The van der Waals surface area contributed by atoms with Crippen molar-refractivity contribution in [1.29, 1.82) is 0 Å². The van der Waals surface area contributed by atoms with Gasteiger partial charge in [-0.05, 0) is 43.2 Å². The van der Waals surface area contributed by atoms with Crippen molar-refractivity contribution in [1.82, 2.24) is 0 Å². The zero-order valence-electron chi connectivity index (χ0n) is 19.7. The van der Waals surface area contributed by atoms with Gasteiger partial charge in [-0.15, -0.1) is 10.1 Å². The Morgan fingerprint density at radius 1 is 0.800 bits per heavy atom. The largest absolute Gasteiger partial charge is 0.508 e. The fraction of sp³-hybridized carbons (Fsp3) is 0.318. The molecular weight excluding hydrogens is 468 g/mol. The molecule has 0 heterocycles. The van der Waals surface area contributed by atoms with Crippen molar-refractivity contribution in [3.8, 4) is 11.5 Å². The zero-order valence-corrected chi connectivity index (χ0v) is 19.7. The highest BCUT2D eigenvalue weighted by Gasteiger charge is 2.18. The van der Waals surface area contributed by atoms with Crippen LogP contribution in [0.1, 0.15) is 57.6 Å². The lowest BCUT2D eigenvalue weighted by molar-refractivity contribution is -0.742. The number of hydrogen-bond acceptors (Lipinski definition) is 9. The summed E-state index contributed by atoms with van der Waals surface area (Å²) in [4.78, 5) is 49.3. The molecule has 0 aliphatic rings. The van der Waals surface area contributed by atoms with Crippen LogP contribution < -0.4 is 0 Å². The fourth-order valence-corrected chi connectivity index (χ4v) is 2.19. The summed E-state index contributed by atoms with van der Waals surface area (Å²) in [5.41, 5.74) is 1.10. The van der Waals surface area contributed by atoms with Gasteiger partial charge in [-0.25, -0.2) is 0 Å².